The molecule has 0 fully saturated rings. The van der Waals surface area contributed by atoms with Gasteiger partial charge in [0.25, 0.3) is 0 Å². The molecule has 1 aliphatic rings. The zero-order chi connectivity index (χ0) is 27.0. The molecule has 0 saturated heterocycles. The van der Waals surface area contributed by atoms with E-state index < -0.39 is 10.7 Å². The smallest absolute Gasteiger partial charge is 0.323 e. The average Bonchev–Trinajstić information content (AvgIpc) is 2.94. The Bertz CT molecular complexity index is 1460. The van der Waals surface area contributed by atoms with Crippen LogP contribution in [0, 0.1) is 4.78 Å². The van der Waals surface area contributed by atoms with Crippen LogP contribution in [0.4, 0.5) is 33.6 Å². The second-order valence-electron chi connectivity index (χ2n) is 8.96. The lowest BCUT2D eigenvalue weighted by molar-refractivity contribution is 0.262. The first-order chi connectivity index (χ1) is 19.1. The Labute approximate surface area is 230 Å². The maximum atomic E-state index is 12.7. The molecule has 1 atom stereocenters. The summed E-state index contributed by atoms with van der Waals surface area (Å²) < 4.78 is 14.3. The van der Waals surface area contributed by atoms with Crippen LogP contribution in [0.1, 0.15) is 19.8 Å². The normalized spacial score (nSPS) is 14.8. The standard InChI is InChI=1S/C29H31N7O2S/c1-2-38-24-12-10-20(11-13-24)26-19-32-28-33-22-16-23(35-29(37)34-21-8-4-3-5-9-21)18-25(17-22)39(30)15-7-6-14-31-27(26)36-28/h3-5,8-13,16-19,30H,2,6-7,14-15H2,1H3,(H2,34,35,37)(H2,31,32,33,36). The molecular formula is C29H31N7O2S. The zero-order valence-electron chi connectivity index (χ0n) is 21.7. The Balaban J connectivity index is 1.43. The SMILES string of the molecule is CCOc1ccc(-c2cnc3nc2NCCCCS(=N)c2cc(NC(=O)Nc4ccccc4)cc(c2)N3)cc1. The van der Waals surface area contributed by atoms with Gasteiger partial charge in [-0.1, -0.05) is 41.0 Å². The summed E-state index contributed by atoms with van der Waals surface area (Å²) in [6, 6.07) is 22.4. The van der Waals surface area contributed by atoms with Gasteiger partial charge in [-0.2, -0.15) is 4.98 Å². The summed E-state index contributed by atoms with van der Waals surface area (Å²) in [5.41, 5.74) is 3.87. The number of carbonyl (C=O) groups is 1. The Kier molecular flexibility index (Phi) is 8.33. The third-order valence-corrected chi connectivity index (χ3v) is 7.57. The van der Waals surface area contributed by atoms with E-state index in [1.807, 2.05) is 79.7 Å². The van der Waals surface area contributed by atoms with E-state index >= 15 is 0 Å². The van der Waals surface area contributed by atoms with Gasteiger partial charge in [0, 0.05) is 46.0 Å². The van der Waals surface area contributed by atoms with Crippen molar-refractivity contribution < 1.29 is 9.53 Å². The molecule has 39 heavy (non-hydrogen) atoms. The monoisotopic (exact) mass is 541 g/mol. The third kappa shape index (κ3) is 6.91. The Morgan fingerprint density at radius 3 is 2.62 bits per heavy atom. The van der Waals surface area contributed by atoms with E-state index in [1.165, 1.54) is 0 Å². The van der Waals surface area contributed by atoms with Crippen molar-refractivity contribution in [3.63, 3.8) is 0 Å². The summed E-state index contributed by atoms with van der Waals surface area (Å²) in [6.07, 6.45) is 3.60. The van der Waals surface area contributed by atoms with Gasteiger partial charge in [0.05, 0.1) is 6.61 Å². The molecule has 3 aromatic carbocycles. The van der Waals surface area contributed by atoms with Crippen LogP contribution in [-0.2, 0) is 10.7 Å². The molecule has 200 valence electrons. The van der Waals surface area contributed by atoms with Gasteiger partial charge in [0.15, 0.2) is 0 Å². The van der Waals surface area contributed by atoms with E-state index in [0.29, 0.717) is 29.6 Å². The summed E-state index contributed by atoms with van der Waals surface area (Å²) in [4.78, 5) is 22.9. The molecule has 9 nitrogen and oxygen atoms in total. The number of carbonyl (C=O) groups excluding carboxylic acids is 1. The third-order valence-electron chi connectivity index (χ3n) is 6.07. The van der Waals surface area contributed by atoms with E-state index in [-0.39, 0.29) is 6.03 Å². The first-order valence-electron chi connectivity index (χ1n) is 12.9. The van der Waals surface area contributed by atoms with Crippen LogP contribution in [0.5, 0.6) is 5.75 Å². The van der Waals surface area contributed by atoms with Gasteiger partial charge in [0.2, 0.25) is 5.95 Å². The summed E-state index contributed by atoms with van der Waals surface area (Å²) in [5, 5.41) is 12.5. The maximum absolute atomic E-state index is 12.7. The molecule has 5 rings (SSSR count). The number of anilines is 5. The van der Waals surface area contributed by atoms with Crippen LogP contribution in [0.3, 0.4) is 0 Å². The topological polar surface area (TPSA) is 124 Å². The molecule has 2 amide bonds. The van der Waals surface area contributed by atoms with E-state index in [2.05, 4.69) is 26.3 Å². The molecule has 5 N–H and O–H groups in total. The van der Waals surface area contributed by atoms with Crippen molar-refractivity contribution in [1.29, 1.82) is 4.78 Å². The van der Waals surface area contributed by atoms with Crippen LogP contribution in [0.2, 0.25) is 0 Å². The van der Waals surface area contributed by atoms with Crippen molar-refractivity contribution in [3.05, 3.63) is 79.0 Å². The van der Waals surface area contributed by atoms with E-state index in [9.17, 15) is 4.79 Å². The maximum Gasteiger partial charge on any atom is 0.323 e. The lowest BCUT2D eigenvalue weighted by Crippen LogP contribution is -2.19. The fourth-order valence-electron chi connectivity index (χ4n) is 4.21. The molecule has 0 aliphatic carbocycles. The van der Waals surface area contributed by atoms with Crippen LogP contribution in [-0.4, -0.2) is 34.9 Å². The van der Waals surface area contributed by atoms with E-state index in [1.54, 1.807) is 6.20 Å². The summed E-state index contributed by atoms with van der Waals surface area (Å²) in [5.74, 6) is 2.71. The van der Waals surface area contributed by atoms with Gasteiger partial charge in [-0.15, -0.1) is 0 Å². The van der Waals surface area contributed by atoms with Crippen LogP contribution < -0.4 is 26.0 Å². The van der Waals surface area contributed by atoms with E-state index in [0.717, 1.165) is 52.7 Å². The predicted octanol–water partition coefficient (Wildman–Crippen LogP) is 6.88. The highest BCUT2D eigenvalue weighted by Crippen LogP contribution is 2.30. The summed E-state index contributed by atoms with van der Waals surface area (Å²) in [7, 11) is -0.732. The Morgan fingerprint density at radius 2 is 1.82 bits per heavy atom. The first kappa shape index (κ1) is 26.2. The van der Waals surface area contributed by atoms with Gasteiger partial charge in [-0.3, -0.25) is 4.78 Å². The Morgan fingerprint density at radius 1 is 1.03 bits per heavy atom. The summed E-state index contributed by atoms with van der Waals surface area (Å²) >= 11 is 0. The lowest BCUT2D eigenvalue weighted by atomic mass is 10.1. The van der Waals surface area contributed by atoms with Gasteiger partial charge < -0.3 is 26.0 Å². The number of urea groups is 1. The molecule has 0 spiro atoms. The lowest BCUT2D eigenvalue weighted by Gasteiger charge is -2.15. The van der Waals surface area contributed by atoms with Crippen molar-refractivity contribution in [3.8, 4) is 16.9 Å². The zero-order valence-corrected chi connectivity index (χ0v) is 22.5. The second kappa shape index (κ2) is 12.4. The average molecular weight is 542 g/mol. The number of rotatable bonds is 5. The van der Waals surface area contributed by atoms with Crippen LogP contribution in [0.15, 0.2) is 83.9 Å². The molecule has 4 bridgehead atoms. The highest BCUT2D eigenvalue weighted by atomic mass is 32.2. The molecule has 0 saturated carbocycles. The fraction of sp³-hybridized carbons (Fsp3) is 0.207. The molecule has 4 aromatic rings. The van der Waals surface area contributed by atoms with Crippen molar-refractivity contribution in [2.45, 2.75) is 24.7 Å². The van der Waals surface area contributed by atoms with Crippen molar-refractivity contribution in [2.24, 2.45) is 0 Å². The first-order valence-corrected chi connectivity index (χ1v) is 14.3. The molecule has 0 radical (unpaired) electrons. The number of nitrogens with one attached hydrogen (secondary N) is 5. The summed E-state index contributed by atoms with van der Waals surface area (Å²) in [6.45, 7) is 3.32. The molecule has 10 heteroatoms. The highest BCUT2D eigenvalue weighted by molar-refractivity contribution is 7.86. The Hall–Kier alpha value is -4.44. The number of ether oxygens (including phenoxy) is 1. The number of nitrogens with zero attached hydrogens (tertiary/aromatic N) is 2. The van der Waals surface area contributed by atoms with Gasteiger partial charge in [0.1, 0.15) is 11.6 Å². The number of hydrogen-bond donors (Lipinski definition) is 5. The number of para-hydroxylation sites is 1. The van der Waals surface area contributed by atoms with Gasteiger partial charge in [-0.05, 0) is 67.8 Å². The fourth-order valence-corrected chi connectivity index (χ4v) is 5.48. The molecule has 1 aliphatic heterocycles. The number of benzene rings is 3. The molecular weight excluding hydrogens is 510 g/mol. The number of fused-ring (bicyclic) bond motifs is 4. The molecule has 2 heterocycles. The quantitative estimate of drug-likeness (QED) is 0.188. The van der Waals surface area contributed by atoms with Gasteiger partial charge >= 0.3 is 6.03 Å². The van der Waals surface area contributed by atoms with Crippen molar-refractivity contribution in [2.75, 3.05) is 40.2 Å². The molecule has 1 unspecified atom stereocenters. The van der Waals surface area contributed by atoms with E-state index in [4.69, 9.17) is 14.5 Å². The number of aromatic nitrogens is 2. The van der Waals surface area contributed by atoms with Crippen molar-refractivity contribution in [1.82, 2.24) is 9.97 Å². The predicted molar refractivity (Wildman–Crippen MR) is 158 cm³/mol. The van der Waals surface area contributed by atoms with Crippen LogP contribution >= 0.6 is 0 Å². The second-order valence-corrected chi connectivity index (χ2v) is 10.6. The van der Waals surface area contributed by atoms with Crippen LogP contribution in [0.25, 0.3) is 11.1 Å². The highest BCUT2D eigenvalue weighted by Gasteiger charge is 2.14. The number of hydrogen-bond acceptors (Lipinski definition) is 7. The minimum Gasteiger partial charge on any atom is -0.494 e. The minimum atomic E-state index is -0.732. The molecule has 1 aromatic heterocycles. The largest absolute Gasteiger partial charge is 0.494 e. The minimum absolute atomic E-state index is 0.352. The van der Waals surface area contributed by atoms with Gasteiger partial charge in [-0.25, -0.2) is 9.78 Å². The number of amides is 2. The van der Waals surface area contributed by atoms with Crippen molar-refractivity contribution >= 4 is 45.6 Å².